The second kappa shape index (κ2) is 3.10. The molecule has 0 N–H and O–H groups in total. The predicted octanol–water partition coefficient (Wildman–Crippen LogP) is 1.30. The van der Waals surface area contributed by atoms with Crippen molar-refractivity contribution < 1.29 is 4.74 Å². The van der Waals surface area contributed by atoms with Crippen molar-refractivity contribution in [2.45, 2.75) is 19.6 Å². The van der Waals surface area contributed by atoms with Gasteiger partial charge in [-0.1, -0.05) is 19.6 Å². The molecule has 0 aliphatic carbocycles. The van der Waals surface area contributed by atoms with Gasteiger partial charge < -0.3 is 4.74 Å². The lowest BCUT2D eigenvalue weighted by Gasteiger charge is -2.02. The van der Waals surface area contributed by atoms with Gasteiger partial charge in [0.15, 0.2) is 0 Å². The summed E-state index contributed by atoms with van der Waals surface area (Å²) in [4.78, 5) is 4.08. The van der Waals surface area contributed by atoms with E-state index in [1.807, 2.05) is 0 Å². The van der Waals surface area contributed by atoms with Crippen LogP contribution in [0.1, 0.15) is 0 Å². The Bertz CT molecular complexity index is 229. The Kier molecular flexibility index (Phi) is 2.35. The summed E-state index contributed by atoms with van der Waals surface area (Å²) in [6.45, 7) is 8.09. The highest BCUT2D eigenvalue weighted by atomic mass is 28.3. The lowest BCUT2D eigenvalue weighted by atomic mass is 10.7. The Hall–Kier alpha value is -0.753. The largest absolute Gasteiger partial charge is 0.470 e. The first-order valence-corrected chi connectivity index (χ1v) is 7.28. The van der Waals surface area contributed by atoms with E-state index in [-0.39, 0.29) is 0 Å². The summed E-state index contributed by atoms with van der Waals surface area (Å²) in [5, 5.41) is 0. The van der Waals surface area contributed by atoms with Gasteiger partial charge in [-0.05, 0) is 5.92 Å². The maximum Gasteiger partial charge on any atom is 0.262 e. The minimum atomic E-state index is -1.25. The summed E-state index contributed by atoms with van der Waals surface area (Å²) in [5.41, 5.74) is 3.20. The third kappa shape index (κ3) is 3.24. The molecule has 0 aromatic rings. The standard InChI is InChI=1S/C8H13NOSi/c1-11(2,3)7-4-8-9-5-6-10-8/h5-6H2,1-3H3. The predicted molar refractivity (Wildman–Crippen MR) is 49.4 cm³/mol. The first kappa shape index (κ1) is 8.34. The molecule has 0 aromatic carbocycles. The molecule has 11 heavy (non-hydrogen) atoms. The van der Waals surface area contributed by atoms with Crippen LogP contribution in [-0.2, 0) is 4.74 Å². The monoisotopic (exact) mass is 167 g/mol. The molecule has 60 valence electrons. The van der Waals surface area contributed by atoms with E-state index in [2.05, 4.69) is 36.1 Å². The van der Waals surface area contributed by atoms with Gasteiger partial charge in [0.1, 0.15) is 14.7 Å². The number of hydrogen-bond acceptors (Lipinski definition) is 2. The van der Waals surface area contributed by atoms with Crippen molar-refractivity contribution in [3.63, 3.8) is 0 Å². The molecule has 0 saturated heterocycles. The van der Waals surface area contributed by atoms with Crippen LogP contribution in [0.25, 0.3) is 0 Å². The Balaban J connectivity index is 2.56. The van der Waals surface area contributed by atoms with Gasteiger partial charge in [-0.15, -0.1) is 5.54 Å². The maximum absolute atomic E-state index is 5.15. The van der Waals surface area contributed by atoms with E-state index in [9.17, 15) is 0 Å². The summed E-state index contributed by atoms with van der Waals surface area (Å²) in [6.07, 6.45) is 0. The van der Waals surface area contributed by atoms with E-state index >= 15 is 0 Å². The van der Waals surface area contributed by atoms with Gasteiger partial charge in [0.2, 0.25) is 0 Å². The fourth-order valence-electron chi connectivity index (χ4n) is 0.652. The van der Waals surface area contributed by atoms with Crippen LogP contribution in [0.3, 0.4) is 0 Å². The van der Waals surface area contributed by atoms with Crippen LogP contribution >= 0.6 is 0 Å². The zero-order chi connectivity index (χ0) is 8.32. The van der Waals surface area contributed by atoms with Gasteiger partial charge in [0, 0.05) is 0 Å². The molecule has 0 unspecified atom stereocenters. The van der Waals surface area contributed by atoms with E-state index in [0.29, 0.717) is 12.5 Å². The first-order chi connectivity index (χ1) is 5.08. The normalized spacial score (nSPS) is 16.5. The Morgan fingerprint density at radius 1 is 1.45 bits per heavy atom. The highest BCUT2D eigenvalue weighted by molar-refractivity contribution is 6.84. The van der Waals surface area contributed by atoms with Crippen LogP contribution in [0.2, 0.25) is 19.6 Å². The minimum Gasteiger partial charge on any atom is -0.470 e. The Labute approximate surface area is 68.7 Å². The molecule has 0 spiro atoms. The molecule has 1 rings (SSSR count). The second-order valence-corrected chi connectivity index (χ2v) is 8.29. The topological polar surface area (TPSA) is 21.6 Å². The highest BCUT2D eigenvalue weighted by Gasteiger charge is 2.09. The number of aliphatic imine (C=N–C) groups is 1. The van der Waals surface area contributed by atoms with Gasteiger partial charge in [-0.2, -0.15) is 0 Å². The molecule has 1 heterocycles. The molecule has 0 bridgehead atoms. The third-order valence-corrected chi connectivity index (χ3v) is 2.00. The van der Waals surface area contributed by atoms with E-state index in [4.69, 9.17) is 4.74 Å². The smallest absolute Gasteiger partial charge is 0.262 e. The van der Waals surface area contributed by atoms with E-state index < -0.39 is 8.07 Å². The number of rotatable bonds is 0. The van der Waals surface area contributed by atoms with Crippen molar-refractivity contribution in [1.29, 1.82) is 0 Å². The molecular formula is C8H13NOSi. The average Bonchev–Trinajstić information content (AvgIpc) is 2.32. The van der Waals surface area contributed by atoms with Crippen LogP contribution in [0.15, 0.2) is 4.99 Å². The van der Waals surface area contributed by atoms with Crippen LogP contribution in [0, 0.1) is 11.5 Å². The van der Waals surface area contributed by atoms with Gasteiger partial charge in [0.25, 0.3) is 5.90 Å². The molecule has 1 aliphatic rings. The van der Waals surface area contributed by atoms with Crippen LogP contribution in [0.4, 0.5) is 0 Å². The van der Waals surface area contributed by atoms with E-state index in [1.165, 1.54) is 0 Å². The second-order valence-electron chi connectivity index (χ2n) is 3.54. The van der Waals surface area contributed by atoms with E-state index in [1.54, 1.807) is 0 Å². The Morgan fingerprint density at radius 2 is 2.18 bits per heavy atom. The lowest BCUT2D eigenvalue weighted by molar-refractivity contribution is 0.351. The van der Waals surface area contributed by atoms with Crippen molar-refractivity contribution in [2.75, 3.05) is 13.2 Å². The third-order valence-electron chi connectivity index (χ3n) is 1.13. The lowest BCUT2D eigenvalue weighted by Crippen LogP contribution is -2.17. The van der Waals surface area contributed by atoms with Crippen molar-refractivity contribution >= 4 is 14.0 Å². The van der Waals surface area contributed by atoms with Crippen LogP contribution in [0.5, 0.6) is 0 Å². The van der Waals surface area contributed by atoms with Crippen LogP contribution in [-0.4, -0.2) is 27.1 Å². The number of ether oxygens (including phenoxy) is 1. The van der Waals surface area contributed by atoms with E-state index in [0.717, 1.165) is 6.54 Å². The SMILES string of the molecule is C[Si](C)(C)C#CC1=NCCO1. The summed E-state index contributed by atoms with van der Waals surface area (Å²) in [6, 6.07) is 0. The van der Waals surface area contributed by atoms with Gasteiger partial charge in [0.05, 0.1) is 6.54 Å². The van der Waals surface area contributed by atoms with Crippen molar-refractivity contribution in [2.24, 2.45) is 4.99 Å². The maximum atomic E-state index is 5.15. The van der Waals surface area contributed by atoms with Crippen molar-refractivity contribution in [3.05, 3.63) is 0 Å². The molecule has 0 radical (unpaired) electrons. The highest BCUT2D eigenvalue weighted by Crippen LogP contribution is 1.98. The fraction of sp³-hybridized carbons (Fsp3) is 0.625. The van der Waals surface area contributed by atoms with Gasteiger partial charge in [-0.3, -0.25) is 0 Å². The molecule has 3 heteroatoms. The zero-order valence-corrected chi connectivity index (χ0v) is 8.27. The summed E-state index contributed by atoms with van der Waals surface area (Å²) >= 11 is 0. The van der Waals surface area contributed by atoms with Crippen LogP contribution < -0.4 is 0 Å². The minimum absolute atomic E-state index is 0.632. The van der Waals surface area contributed by atoms with Gasteiger partial charge >= 0.3 is 0 Å². The number of hydrogen-bond donors (Lipinski definition) is 0. The first-order valence-electron chi connectivity index (χ1n) is 3.78. The van der Waals surface area contributed by atoms with Crippen molar-refractivity contribution in [1.82, 2.24) is 0 Å². The number of nitrogens with zero attached hydrogens (tertiary/aromatic N) is 1. The zero-order valence-electron chi connectivity index (χ0n) is 7.27. The molecule has 0 aromatic heterocycles. The molecule has 1 aliphatic heterocycles. The summed E-state index contributed by atoms with van der Waals surface area (Å²) in [7, 11) is -1.25. The quantitative estimate of drug-likeness (QED) is 0.393. The van der Waals surface area contributed by atoms with Crippen molar-refractivity contribution in [3.8, 4) is 11.5 Å². The Morgan fingerprint density at radius 3 is 2.64 bits per heavy atom. The molecule has 2 nitrogen and oxygen atoms in total. The van der Waals surface area contributed by atoms with Gasteiger partial charge in [-0.25, -0.2) is 4.99 Å². The summed E-state index contributed by atoms with van der Waals surface area (Å²) in [5.74, 6) is 3.59. The summed E-state index contributed by atoms with van der Waals surface area (Å²) < 4.78 is 5.15. The fourth-order valence-corrected chi connectivity index (χ4v) is 1.13. The molecule has 0 amide bonds. The molecule has 0 fully saturated rings. The molecule has 0 saturated carbocycles. The molecular weight excluding hydrogens is 154 g/mol. The molecule has 0 atom stereocenters. The average molecular weight is 167 g/mol.